The Labute approximate surface area is 165 Å². The van der Waals surface area contributed by atoms with Crippen molar-refractivity contribution < 1.29 is 26.4 Å². The maximum absolute atomic E-state index is 13.3. The molecule has 3 rings (SSSR count). The third kappa shape index (κ3) is 4.75. The Kier molecular flexibility index (Phi) is 5.88. The largest absolute Gasteiger partial charge is 0.324 e. The van der Waals surface area contributed by atoms with Crippen LogP contribution in [0.3, 0.4) is 0 Å². The van der Waals surface area contributed by atoms with Crippen LogP contribution in [-0.2, 0) is 14.8 Å². The third-order valence-corrected chi connectivity index (χ3v) is 5.72. The summed E-state index contributed by atoms with van der Waals surface area (Å²) in [5, 5.41) is 2.32. The van der Waals surface area contributed by atoms with E-state index in [1.807, 2.05) is 0 Å². The average molecular weight is 420 g/mol. The van der Waals surface area contributed by atoms with Gasteiger partial charge in [0, 0.05) is 11.8 Å². The van der Waals surface area contributed by atoms with Crippen molar-refractivity contribution in [2.24, 2.45) is 0 Å². The zero-order chi connectivity index (χ0) is 21.0. The summed E-state index contributed by atoms with van der Waals surface area (Å²) in [6.45, 7) is -0.665. The van der Waals surface area contributed by atoms with Gasteiger partial charge in [0.05, 0.1) is 10.6 Å². The summed E-state index contributed by atoms with van der Waals surface area (Å²) in [7, 11) is -4.15. The number of nitrogens with zero attached hydrogens (tertiary/aromatic N) is 1. The van der Waals surface area contributed by atoms with E-state index in [1.54, 1.807) is 6.07 Å². The average Bonchev–Trinajstić information content (AvgIpc) is 2.70. The molecule has 5 nitrogen and oxygen atoms in total. The number of nitrogens with one attached hydrogen (secondary N) is 1. The fourth-order valence-corrected chi connectivity index (χ4v) is 3.99. The molecule has 0 aliphatic heterocycles. The molecule has 0 saturated carbocycles. The van der Waals surface area contributed by atoms with Crippen LogP contribution in [0.4, 0.5) is 24.5 Å². The fraction of sp³-hybridized carbons (Fsp3) is 0.0500. The lowest BCUT2D eigenvalue weighted by Crippen LogP contribution is -2.38. The molecule has 3 aromatic rings. The summed E-state index contributed by atoms with van der Waals surface area (Å²) < 4.78 is 66.5. The van der Waals surface area contributed by atoms with Gasteiger partial charge in [-0.15, -0.1) is 0 Å². The zero-order valence-corrected chi connectivity index (χ0v) is 15.7. The smallest absolute Gasteiger partial charge is 0.264 e. The molecule has 0 aliphatic rings. The topological polar surface area (TPSA) is 66.5 Å². The number of carbonyl (C=O) groups excluding carboxylic acids is 1. The molecular formula is C20H15F3N2O3S. The molecule has 0 spiro atoms. The summed E-state index contributed by atoms with van der Waals surface area (Å²) in [5.41, 5.74) is 0.0285. The van der Waals surface area contributed by atoms with E-state index < -0.39 is 39.9 Å². The Hall–Kier alpha value is -3.33. The van der Waals surface area contributed by atoms with Gasteiger partial charge < -0.3 is 5.32 Å². The minimum absolute atomic E-state index is 0.0370. The van der Waals surface area contributed by atoms with Gasteiger partial charge in [-0.2, -0.15) is 0 Å². The first-order valence-electron chi connectivity index (χ1n) is 8.35. The van der Waals surface area contributed by atoms with E-state index >= 15 is 0 Å². The number of anilines is 2. The number of rotatable bonds is 6. The molecule has 3 aromatic carbocycles. The zero-order valence-electron chi connectivity index (χ0n) is 14.8. The fourth-order valence-electron chi connectivity index (χ4n) is 2.55. The summed E-state index contributed by atoms with van der Waals surface area (Å²) in [6.07, 6.45) is 0. The first-order chi connectivity index (χ1) is 13.8. The number of hydrogen-bond acceptors (Lipinski definition) is 3. The maximum atomic E-state index is 13.3. The van der Waals surface area contributed by atoms with Crippen LogP contribution in [0.15, 0.2) is 77.7 Å². The van der Waals surface area contributed by atoms with E-state index in [-0.39, 0.29) is 16.3 Å². The van der Waals surface area contributed by atoms with Crippen molar-refractivity contribution in [3.05, 3.63) is 90.2 Å². The predicted molar refractivity (Wildman–Crippen MR) is 102 cm³/mol. The number of benzene rings is 3. The van der Waals surface area contributed by atoms with E-state index in [4.69, 9.17) is 0 Å². The lowest BCUT2D eigenvalue weighted by atomic mass is 10.3. The lowest BCUT2D eigenvalue weighted by molar-refractivity contribution is -0.114. The second-order valence-corrected chi connectivity index (χ2v) is 7.84. The van der Waals surface area contributed by atoms with Crippen molar-refractivity contribution in [3.63, 3.8) is 0 Å². The van der Waals surface area contributed by atoms with Crippen LogP contribution < -0.4 is 9.62 Å². The summed E-state index contributed by atoms with van der Waals surface area (Å²) >= 11 is 0. The number of sulfonamides is 1. The van der Waals surface area contributed by atoms with Crippen molar-refractivity contribution in [3.8, 4) is 0 Å². The lowest BCUT2D eigenvalue weighted by Gasteiger charge is -2.24. The van der Waals surface area contributed by atoms with Crippen molar-refractivity contribution >= 4 is 27.3 Å². The molecular weight excluding hydrogens is 405 g/mol. The van der Waals surface area contributed by atoms with Crippen LogP contribution in [0.2, 0.25) is 0 Å². The molecule has 0 aliphatic carbocycles. The number of hydrogen-bond donors (Lipinski definition) is 1. The predicted octanol–water partition coefficient (Wildman–Crippen LogP) is 3.94. The quantitative estimate of drug-likeness (QED) is 0.657. The van der Waals surface area contributed by atoms with Crippen molar-refractivity contribution in [2.45, 2.75) is 4.90 Å². The van der Waals surface area contributed by atoms with E-state index in [9.17, 15) is 26.4 Å². The highest BCUT2D eigenvalue weighted by Gasteiger charge is 2.27. The van der Waals surface area contributed by atoms with Gasteiger partial charge in [-0.1, -0.05) is 18.2 Å². The molecule has 9 heteroatoms. The first-order valence-corrected chi connectivity index (χ1v) is 9.79. The molecule has 0 saturated heterocycles. The van der Waals surface area contributed by atoms with E-state index in [2.05, 4.69) is 5.32 Å². The van der Waals surface area contributed by atoms with Gasteiger partial charge in [0.2, 0.25) is 5.91 Å². The number of amides is 1. The highest BCUT2D eigenvalue weighted by Crippen LogP contribution is 2.24. The molecule has 29 heavy (non-hydrogen) atoms. The molecule has 1 amide bonds. The normalized spacial score (nSPS) is 11.1. The monoisotopic (exact) mass is 420 g/mol. The molecule has 150 valence electrons. The van der Waals surface area contributed by atoms with Crippen molar-refractivity contribution in [2.75, 3.05) is 16.2 Å². The minimum Gasteiger partial charge on any atom is -0.324 e. The SMILES string of the molecule is O=C(CN(c1ccc(F)cc1)S(=O)(=O)c1ccccc1)Nc1ccc(F)c(F)c1. The van der Waals surface area contributed by atoms with Gasteiger partial charge in [-0.25, -0.2) is 21.6 Å². The van der Waals surface area contributed by atoms with Crippen molar-refractivity contribution in [1.82, 2.24) is 0 Å². The van der Waals surface area contributed by atoms with Crippen LogP contribution in [0.1, 0.15) is 0 Å². The molecule has 1 N–H and O–H groups in total. The molecule has 0 fully saturated rings. The summed E-state index contributed by atoms with van der Waals surface area (Å²) in [6, 6.07) is 14.7. The highest BCUT2D eigenvalue weighted by atomic mass is 32.2. The molecule has 0 aromatic heterocycles. The Morgan fingerprint density at radius 2 is 1.52 bits per heavy atom. The van der Waals surface area contributed by atoms with Crippen LogP contribution in [0.25, 0.3) is 0 Å². The Balaban J connectivity index is 1.92. The van der Waals surface area contributed by atoms with Crippen LogP contribution in [-0.4, -0.2) is 20.9 Å². The van der Waals surface area contributed by atoms with Gasteiger partial charge in [-0.3, -0.25) is 9.10 Å². The standard InChI is InChI=1S/C20H15F3N2O3S/c21-14-6-9-16(10-7-14)25(29(27,28)17-4-2-1-3-5-17)13-20(26)24-15-8-11-18(22)19(23)12-15/h1-12H,13H2,(H,24,26). The summed E-state index contributed by atoms with van der Waals surface area (Å²) in [4.78, 5) is 12.4. The van der Waals surface area contributed by atoms with Gasteiger partial charge in [0.1, 0.15) is 12.4 Å². The van der Waals surface area contributed by atoms with Gasteiger partial charge in [0.15, 0.2) is 11.6 Å². The van der Waals surface area contributed by atoms with Gasteiger partial charge in [0.25, 0.3) is 10.0 Å². The minimum atomic E-state index is -4.15. The third-order valence-electron chi connectivity index (χ3n) is 3.94. The van der Waals surface area contributed by atoms with Crippen LogP contribution in [0.5, 0.6) is 0 Å². The van der Waals surface area contributed by atoms with Gasteiger partial charge >= 0.3 is 0 Å². The molecule has 0 heterocycles. The Morgan fingerprint density at radius 1 is 0.862 bits per heavy atom. The number of halogens is 3. The maximum Gasteiger partial charge on any atom is 0.264 e. The van der Waals surface area contributed by atoms with Crippen molar-refractivity contribution in [1.29, 1.82) is 0 Å². The van der Waals surface area contributed by atoms with Crippen LogP contribution >= 0.6 is 0 Å². The highest BCUT2D eigenvalue weighted by molar-refractivity contribution is 7.92. The van der Waals surface area contributed by atoms with E-state index in [1.165, 1.54) is 36.4 Å². The van der Waals surface area contributed by atoms with E-state index in [0.29, 0.717) is 0 Å². The summed E-state index contributed by atoms with van der Waals surface area (Å²) in [5.74, 6) is -3.60. The first kappa shape index (κ1) is 20.4. The number of carbonyl (C=O) groups is 1. The van der Waals surface area contributed by atoms with Gasteiger partial charge in [-0.05, 0) is 48.5 Å². The van der Waals surface area contributed by atoms with E-state index in [0.717, 1.165) is 34.6 Å². The Bertz CT molecular complexity index is 1120. The second-order valence-electron chi connectivity index (χ2n) is 5.98. The second kappa shape index (κ2) is 8.36. The van der Waals surface area contributed by atoms with Crippen LogP contribution in [0, 0.1) is 17.5 Å². The molecule has 0 bridgehead atoms. The Morgan fingerprint density at radius 3 is 2.14 bits per heavy atom. The molecule has 0 atom stereocenters. The molecule has 0 radical (unpaired) electrons. The molecule has 0 unspecified atom stereocenters.